The number of amides is 1. The summed E-state index contributed by atoms with van der Waals surface area (Å²) in [4.78, 5) is 14.0. The summed E-state index contributed by atoms with van der Waals surface area (Å²) in [7, 11) is -3.55. The Bertz CT molecular complexity index is 789. The molecule has 1 aromatic carbocycles. The molecule has 2 heterocycles. The van der Waals surface area contributed by atoms with Gasteiger partial charge in [-0.1, -0.05) is 12.1 Å². The molecule has 3 rings (SSSR count). The number of nitrogens with one attached hydrogen (secondary N) is 1. The third-order valence-electron chi connectivity index (χ3n) is 4.89. The largest absolute Gasteiger partial charge is 0.373 e. The molecule has 2 aliphatic rings. The van der Waals surface area contributed by atoms with Crippen molar-refractivity contribution in [2.75, 3.05) is 51.1 Å². The topological polar surface area (TPSA) is 82.2 Å². The van der Waals surface area contributed by atoms with Crippen molar-refractivity contribution in [1.29, 1.82) is 0 Å². The van der Waals surface area contributed by atoms with Gasteiger partial charge in [0.2, 0.25) is 5.91 Å². The van der Waals surface area contributed by atoms with E-state index in [-0.39, 0.29) is 30.3 Å². The van der Waals surface area contributed by atoms with Crippen LogP contribution in [0.5, 0.6) is 0 Å². The highest BCUT2D eigenvalue weighted by Crippen LogP contribution is 2.19. The summed E-state index contributed by atoms with van der Waals surface area (Å²) in [5, 5.41) is 2.55. The highest BCUT2D eigenvalue weighted by atomic mass is 32.2. The van der Waals surface area contributed by atoms with Crippen molar-refractivity contribution in [2.24, 2.45) is 0 Å². The first-order valence-corrected chi connectivity index (χ1v) is 10.8. The minimum atomic E-state index is -3.55. The van der Waals surface area contributed by atoms with Crippen LogP contribution in [0.25, 0.3) is 0 Å². The zero-order valence-electron chi connectivity index (χ0n) is 16.2. The van der Waals surface area contributed by atoms with E-state index in [4.69, 9.17) is 4.74 Å². The minimum absolute atomic E-state index is 0.0911. The molecule has 2 saturated heterocycles. The number of ether oxygens (including phenoxy) is 1. The number of morpholine rings is 1. The van der Waals surface area contributed by atoms with Crippen LogP contribution in [-0.2, 0) is 19.7 Å². The van der Waals surface area contributed by atoms with E-state index in [0.29, 0.717) is 39.3 Å². The summed E-state index contributed by atoms with van der Waals surface area (Å²) in [5.41, 5.74) is 0.143. The van der Waals surface area contributed by atoms with Crippen LogP contribution in [0.1, 0.15) is 13.8 Å². The van der Waals surface area contributed by atoms with E-state index in [2.05, 4.69) is 5.32 Å². The first-order chi connectivity index (χ1) is 13.3. The molecule has 1 aromatic rings. The van der Waals surface area contributed by atoms with Crippen LogP contribution in [0.2, 0.25) is 0 Å². The Morgan fingerprint density at radius 2 is 1.71 bits per heavy atom. The summed E-state index contributed by atoms with van der Waals surface area (Å²) in [6, 6.07) is 5.99. The Labute approximate surface area is 165 Å². The maximum absolute atomic E-state index is 13.6. The standard InChI is InChI=1S/C18H27FN4O4S/c1-14-11-23(12-15(2)27-14)28(25,26)22-9-7-21(8-10-22)13-18(24)20-17-6-4-3-5-16(17)19/h3-6,14-15H,7-13H2,1-2H3,(H,20,24)/t14-,15-/m0/s1. The van der Waals surface area contributed by atoms with Crippen LogP contribution in [0, 0.1) is 5.82 Å². The highest BCUT2D eigenvalue weighted by Gasteiger charge is 2.36. The van der Waals surface area contributed by atoms with Gasteiger partial charge in [0.1, 0.15) is 5.82 Å². The van der Waals surface area contributed by atoms with Crippen LogP contribution in [0.15, 0.2) is 24.3 Å². The van der Waals surface area contributed by atoms with Gasteiger partial charge in [0.05, 0.1) is 24.4 Å². The van der Waals surface area contributed by atoms with Crippen molar-refractivity contribution in [3.05, 3.63) is 30.1 Å². The van der Waals surface area contributed by atoms with E-state index in [1.54, 1.807) is 12.1 Å². The van der Waals surface area contributed by atoms with E-state index in [0.717, 1.165) is 0 Å². The molecular weight excluding hydrogens is 387 g/mol. The average molecular weight is 415 g/mol. The maximum Gasteiger partial charge on any atom is 0.282 e. The van der Waals surface area contributed by atoms with Gasteiger partial charge >= 0.3 is 0 Å². The third kappa shape index (κ3) is 5.06. The second-order valence-electron chi connectivity index (χ2n) is 7.29. The second kappa shape index (κ2) is 8.83. The minimum Gasteiger partial charge on any atom is -0.373 e. The first kappa shape index (κ1) is 21.1. The van der Waals surface area contributed by atoms with Gasteiger partial charge in [-0.25, -0.2) is 4.39 Å². The molecule has 0 aromatic heterocycles. The Kier molecular flexibility index (Phi) is 6.66. The Balaban J connectivity index is 1.51. The number of nitrogens with zero attached hydrogens (tertiary/aromatic N) is 3. The predicted octanol–water partition coefficient (Wildman–Crippen LogP) is 0.736. The fraction of sp³-hybridized carbons (Fsp3) is 0.611. The Hall–Kier alpha value is -1.59. The number of carbonyl (C=O) groups excluding carboxylic acids is 1. The summed E-state index contributed by atoms with van der Waals surface area (Å²) < 4.78 is 48.0. The monoisotopic (exact) mass is 414 g/mol. The highest BCUT2D eigenvalue weighted by molar-refractivity contribution is 7.86. The van der Waals surface area contributed by atoms with Gasteiger partial charge in [0, 0.05) is 39.3 Å². The van der Waals surface area contributed by atoms with E-state index >= 15 is 0 Å². The van der Waals surface area contributed by atoms with Crippen molar-refractivity contribution in [3.8, 4) is 0 Å². The first-order valence-electron chi connectivity index (χ1n) is 9.43. The average Bonchev–Trinajstić information content (AvgIpc) is 2.63. The lowest BCUT2D eigenvalue weighted by atomic mass is 10.3. The lowest BCUT2D eigenvalue weighted by Crippen LogP contribution is -2.57. The van der Waals surface area contributed by atoms with Crippen molar-refractivity contribution in [1.82, 2.24) is 13.5 Å². The molecule has 0 spiro atoms. The van der Waals surface area contributed by atoms with Crippen LogP contribution in [0.4, 0.5) is 10.1 Å². The molecule has 0 bridgehead atoms. The van der Waals surface area contributed by atoms with E-state index < -0.39 is 16.0 Å². The fourth-order valence-electron chi connectivity index (χ4n) is 3.56. The van der Waals surface area contributed by atoms with Crippen molar-refractivity contribution in [2.45, 2.75) is 26.1 Å². The van der Waals surface area contributed by atoms with Crippen molar-refractivity contribution >= 4 is 21.8 Å². The van der Waals surface area contributed by atoms with E-state index in [1.807, 2.05) is 18.7 Å². The number of anilines is 1. The molecule has 0 aliphatic carbocycles. The molecule has 1 amide bonds. The van der Waals surface area contributed by atoms with Gasteiger partial charge in [-0.05, 0) is 26.0 Å². The molecule has 10 heteroatoms. The van der Waals surface area contributed by atoms with Crippen LogP contribution >= 0.6 is 0 Å². The third-order valence-corrected chi connectivity index (χ3v) is 6.85. The van der Waals surface area contributed by atoms with E-state index in [9.17, 15) is 17.6 Å². The number of rotatable bonds is 5. The molecule has 0 radical (unpaired) electrons. The van der Waals surface area contributed by atoms with Crippen LogP contribution in [-0.4, -0.2) is 85.9 Å². The van der Waals surface area contributed by atoms with Crippen molar-refractivity contribution in [3.63, 3.8) is 0 Å². The summed E-state index contributed by atoms with van der Waals surface area (Å²) in [5.74, 6) is -0.807. The number of benzene rings is 1. The van der Waals surface area contributed by atoms with Crippen molar-refractivity contribution < 1.29 is 22.3 Å². The lowest BCUT2D eigenvalue weighted by Gasteiger charge is -2.40. The van der Waals surface area contributed by atoms with E-state index in [1.165, 1.54) is 20.7 Å². The molecule has 0 saturated carbocycles. The smallest absolute Gasteiger partial charge is 0.282 e. The molecular formula is C18H27FN4O4S. The number of hydrogen-bond donors (Lipinski definition) is 1. The SMILES string of the molecule is C[C@H]1CN(S(=O)(=O)N2CCN(CC(=O)Nc3ccccc3F)CC2)C[C@H](C)O1. The van der Waals surface area contributed by atoms with Gasteiger partial charge in [-0.15, -0.1) is 0 Å². The van der Waals surface area contributed by atoms with Gasteiger partial charge in [0.15, 0.2) is 0 Å². The summed E-state index contributed by atoms with van der Waals surface area (Å²) in [6.45, 7) is 6.03. The summed E-state index contributed by atoms with van der Waals surface area (Å²) in [6.07, 6.45) is -0.274. The summed E-state index contributed by atoms with van der Waals surface area (Å²) >= 11 is 0. The number of piperazine rings is 1. The number of halogens is 1. The zero-order valence-corrected chi connectivity index (χ0v) is 17.0. The zero-order chi connectivity index (χ0) is 20.3. The second-order valence-corrected chi connectivity index (χ2v) is 9.21. The molecule has 156 valence electrons. The molecule has 28 heavy (non-hydrogen) atoms. The van der Waals surface area contributed by atoms with Gasteiger partial charge in [0.25, 0.3) is 10.2 Å². The van der Waals surface area contributed by atoms with Crippen LogP contribution < -0.4 is 5.32 Å². The molecule has 0 unspecified atom stereocenters. The lowest BCUT2D eigenvalue weighted by molar-refractivity contribution is -0.117. The number of para-hydroxylation sites is 1. The van der Waals surface area contributed by atoms with Crippen LogP contribution in [0.3, 0.4) is 0 Å². The van der Waals surface area contributed by atoms with Gasteiger partial charge in [-0.2, -0.15) is 17.0 Å². The van der Waals surface area contributed by atoms with Gasteiger partial charge in [-0.3, -0.25) is 9.69 Å². The quantitative estimate of drug-likeness (QED) is 0.769. The Morgan fingerprint density at radius 1 is 1.11 bits per heavy atom. The number of hydrogen-bond acceptors (Lipinski definition) is 5. The predicted molar refractivity (Wildman–Crippen MR) is 104 cm³/mol. The fourth-order valence-corrected chi connectivity index (χ4v) is 5.30. The normalized spacial score (nSPS) is 25.5. The molecule has 2 fully saturated rings. The molecule has 2 atom stereocenters. The number of carbonyl (C=O) groups is 1. The molecule has 8 nitrogen and oxygen atoms in total. The molecule has 2 aliphatic heterocycles. The maximum atomic E-state index is 13.6. The Morgan fingerprint density at radius 3 is 2.32 bits per heavy atom. The molecule has 1 N–H and O–H groups in total. The van der Waals surface area contributed by atoms with Gasteiger partial charge < -0.3 is 10.1 Å².